The number of aromatic nitrogens is 3. The fourth-order valence-corrected chi connectivity index (χ4v) is 9.45. The molecule has 4 aliphatic rings. The van der Waals surface area contributed by atoms with E-state index in [-0.39, 0.29) is 88.3 Å². The van der Waals surface area contributed by atoms with Gasteiger partial charge in [-0.15, -0.1) is 6.42 Å². The van der Waals surface area contributed by atoms with Crippen molar-refractivity contribution in [2.24, 2.45) is 5.41 Å². The van der Waals surface area contributed by atoms with Crippen LogP contribution in [0.2, 0.25) is 0 Å². The maximum absolute atomic E-state index is 17.4. The van der Waals surface area contributed by atoms with Crippen molar-refractivity contribution >= 4 is 27.5 Å². The lowest BCUT2D eigenvalue weighted by Gasteiger charge is -2.53. The molecule has 0 amide bonds. The fraction of sp³-hybridized carbons (Fsp3) is 0.537. The Kier molecular flexibility index (Phi) is 9.96. The minimum absolute atomic E-state index is 0.00834. The summed E-state index contributed by atoms with van der Waals surface area (Å²) in [4.78, 5) is 18.5. The van der Waals surface area contributed by atoms with Crippen LogP contribution in [0.5, 0.6) is 17.6 Å². The number of anilines is 1. The molecule has 4 heterocycles. The molecule has 8 rings (SSSR count). The van der Waals surface area contributed by atoms with E-state index in [4.69, 9.17) is 30.4 Å². The lowest BCUT2D eigenvalue weighted by Crippen LogP contribution is -2.59. The van der Waals surface area contributed by atoms with Gasteiger partial charge in [-0.3, -0.25) is 4.90 Å². The molecule has 2 aliphatic heterocycles. The van der Waals surface area contributed by atoms with E-state index in [2.05, 4.69) is 20.8 Å². The van der Waals surface area contributed by atoms with Crippen molar-refractivity contribution in [3.63, 3.8) is 0 Å². The van der Waals surface area contributed by atoms with Crippen LogP contribution in [0.4, 0.5) is 14.6 Å². The van der Waals surface area contributed by atoms with Gasteiger partial charge in [-0.2, -0.15) is 9.97 Å². The number of benzene rings is 2. The number of pyridine rings is 1. The molecule has 0 spiro atoms. The zero-order valence-electron chi connectivity index (χ0n) is 31.4. The van der Waals surface area contributed by atoms with Gasteiger partial charge >= 0.3 is 6.01 Å². The molecule has 3 N–H and O–H groups in total. The highest BCUT2D eigenvalue weighted by molar-refractivity contribution is 6.04. The van der Waals surface area contributed by atoms with E-state index in [1.807, 2.05) is 0 Å². The van der Waals surface area contributed by atoms with Crippen molar-refractivity contribution in [2.75, 3.05) is 58.6 Å². The molecule has 0 radical (unpaired) electrons. The van der Waals surface area contributed by atoms with E-state index in [1.165, 1.54) is 31.4 Å². The molecule has 4 aromatic rings. The Balaban J connectivity index is 1.27. The third-order valence-corrected chi connectivity index (χ3v) is 12.2. The summed E-state index contributed by atoms with van der Waals surface area (Å²) in [5, 5.41) is 32.8. The first-order valence-electron chi connectivity index (χ1n) is 19.0. The highest BCUT2D eigenvalue weighted by Gasteiger charge is 2.52. The van der Waals surface area contributed by atoms with Crippen molar-refractivity contribution < 1.29 is 43.0 Å². The summed E-state index contributed by atoms with van der Waals surface area (Å²) >= 11 is 0. The molecule has 12 nitrogen and oxygen atoms in total. The van der Waals surface area contributed by atoms with Gasteiger partial charge < -0.3 is 39.2 Å². The predicted molar refractivity (Wildman–Crippen MR) is 201 cm³/mol. The van der Waals surface area contributed by atoms with Crippen LogP contribution in [0, 0.1) is 29.4 Å². The number of rotatable bonds is 9. The molecule has 0 unspecified atom stereocenters. The van der Waals surface area contributed by atoms with Gasteiger partial charge in [0.15, 0.2) is 5.82 Å². The number of phenols is 1. The number of hydrogen-bond acceptors (Lipinski definition) is 12. The zero-order chi connectivity index (χ0) is 38.6. The monoisotopic (exact) mass is 759 g/mol. The largest absolute Gasteiger partial charge is 0.508 e. The van der Waals surface area contributed by atoms with Gasteiger partial charge in [0.05, 0.1) is 51.2 Å². The van der Waals surface area contributed by atoms with E-state index in [0.717, 1.165) is 51.5 Å². The first-order valence-corrected chi connectivity index (χ1v) is 19.0. The number of aromatic hydroxyl groups is 1. The highest BCUT2D eigenvalue weighted by atomic mass is 19.1. The van der Waals surface area contributed by atoms with Crippen molar-refractivity contribution in [1.82, 2.24) is 19.9 Å². The summed E-state index contributed by atoms with van der Waals surface area (Å²) in [6.45, 7) is 2.67. The second-order valence-electron chi connectivity index (χ2n) is 15.9. The Morgan fingerprint density at radius 2 is 1.89 bits per heavy atom. The average molecular weight is 760 g/mol. The first kappa shape index (κ1) is 37.5. The van der Waals surface area contributed by atoms with Gasteiger partial charge in [0, 0.05) is 42.1 Å². The maximum Gasteiger partial charge on any atom is 0.319 e. The number of hydrogen-bond donors (Lipinski definition) is 3. The van der Waals surface area contributed by atoms with Crippen LogP contribution in [0.15, 0.2) is 24.3 Å². The summed E-state index contributed by atoms with van der Waals surface area (Å²) in [6.07, 6.45) is 12.5. The minimum atomic E-state index is -1.37. The van der Waals surface area contributed by atoms with E-state index in [0.29, 0.717) is 30.2 Å². The Bertz CT molecular complexity index is 2160. The molecular formula is C41H47F2N5O7. The number of ether oxygens (including phenoxy) is 4. The van der Waals surface area contributed by atoms with Crippen LogP contribution >= 0.6 is 0 Å². The summed E-state index contributed by atoms with van der Waals surface area (Å²) in [7, 11) is 3.14. The Morgan fingerprint density at radius 3 is 2.64 bits per heavy atom. The highest BCUT2D eigenvalue weighted by Crippen LogP contribution is 2.51. The number of fused-ring (bicyclic) bond motifs is 3. The van der Waals surface area contributed by atoms with Crippen LogP contribution in [0.3, 0.4) is 0 Å². The van der Waals surface area contributed by atoms with Crippen LogP contribution in [-0.4, -0.2) is 119 Å². The maximum atomic E-state index is 17.4. The molecule has 4 atom stereocenters. The second-order valence-corrected chi connectivity index (χ2v) is 15.9. The Morgan fingerprint density at radius 1 is 1.09 bits per heavy atom. The Hall–Kier alpha value is -4.39. The van der Waals surface area contributed by atoms with Crippen molar-refractivity contribution in [2.45, 2.75) is 81.8 Å². The topological polar surface area (TPSA) is 143 Å². The van der Waals surface area contributed by atoms with Gasteiger partial charge in [-0.25, -0.2) is 13.8 Å². The summed E-state index contributed by atoms with van der Waals surface area (Å²) in [6, 6.07) is 6.04. The third-order valence-electron chi connectivity index (χ3n) is 12.2. The van der Waals surface area contributed by atoms with Gasteiger partial charge in [-0.05, 0) is 75.6 Å². The number of aliphatic hydroxyl groups is 2. The zero-order valence-corrected chi connectivity index (χ0v) is 31.4. The lowest BCUT2D eigenvalue weighted by atomic mass is 9.73. The van der Waals surface area contributed by atoms with Gasteiger partial charge in [-0.1, -0.05) is 18.4 Å². The number of halogens is 2. The molecule has 4 fully saturated rings. The standard InChI is InChI=1S/C41H47F2N5O7/c1-5-28-30(42)10-9-23-14-25(50)17-29(32(23)28)35-34(43)36-33(38(44-35)53-4)37(47-18-27(19-49)54-21-40(2,51)20-47)46-39(45-36)55-22-41-11-6-8-31(41)48(13-7-12-41)24-15-26(16-24)52-3/h1,9-10,14,17,24,26-27,31,49-51H,6-8,11-13,15-16,18-22H2,2-4H3/t24?,26?,27-,31-,40+,41-/m1/s1. The van der Waals surface area contributed by atoms with Gasteiger partial charge in [0.1, 0.15) is 39.6 Å². The molecule has 2 saturated carbocycles. The third kappa shape index (κ3) is 6.69. The van der Waals surface area contributed by atoms with Crippen molar-refractivity contribution in [3.05, 3.63) is 41.5 Å². The van der Waals surface area contributed by atoms with Crippen LogP contribution < -0.4 is 14.4 Å². The molecule has 2 saturated heterocycles. The summed E-state index contributed by atoms with van der Waals surface area (Å²) in [5.41, 5.74) is -2.08. The number of likely N-dealkylation sites (tertiary alicyclic amines) is 1. The minimum Gasteiger partial charge on any atom is -0.508 e. The normalized spacial score (nSPS) is 28.4. The van der Waals surface area contributed by atoms with Gasteiger partial charge in [0.2, 0.25) is 5.88 Å². The molecule has 2 aromatic heterocycles. The average Bonchev–Trinajstić information content (AvgIpc) is 3.52. The SMILES string of the molecule is C#Cc1c(F)ccc2cc(O)cc(-c3nc(OC)c4c(N5C[C@H](CO)OC[C@@](C)(O)C5)nc(OC[C@]56CCC[C@H]5N(C5CC(OC)C5)CCC6)nc4c3F)c12. The molecular weight excluding hydrogens is 712 g/mol. The van der Waals surface area contributed by atoms with Crippen LogP contribution in [0.1, 0.15) is 57.4 Å². The summed E-state index contributed by atoms with van der Waals surface area (Å²) < 4.78 is 56.3. The summed E-state index contributed by atoms with van der Waals surface area (Å²) in [5.74, 6) is 0.665. The quantitative estimate of drug-likeness (QED) is 0.199. The van der Waals surface area contributed by atoms with Crippen LogP contribution in [0.25, 0.3) is 32.9 Å². The predicted octanol–water partition coefficient (Wildman–Crippen LogP) is 4.96. The first-order chi connectivity index (χ1) is 26.5. The molecule has 2 aromatic carbocycles. The molecule has 14 heteroatoms. The van der Waals surface area contributed by atoms with Crippen LogP contribution in [-0.2, 0) is 9.47 Å². The number of phenolic OH excluding ortho intramolecular Hbond substituents is 1. The number of nitrogens with zero attached hydrogens (tertiary/aromatic N) is 5. The number of β-amino-alcohol motifs (C(OH)–C–C–N with tert-alkyl or cyclic N) is 1. The van der Waals surface area contributed by atoms with E-state index < -0.39 is 23.3 Å². The number of terminal acetylenes is 1. The smallest absolute Gasteiger partial charge is 0.319 e. The van der Waals surface area contributed by atoms with E-state index in [1.54, 1.807) is 18.9 Å². The van der Waals surface area contributed by atoms with Crippen molar-refractivity contribution in [3.8, 4) is 41.2 Å². The number of aliphatic hydroxyl groups excluding tert-OH is 1. The Labute approximate surface area is 318 Å². The van der Waals surface area contributed by atoms with Gasteiger partial charge in [0.25, 0.3) is 0 Å². The molecule has 2 aliphatic carbocycles. The van der Waals surface area contributed by atoms with E-state index in [9.17, 15) is 15.3 Å². The number of piperidine rings is 1. The number of methoxy groups -OCH3 is 2. The lowest BCUT2D eigenvalue weighted by molar-refractivity contribution is -0.0845. The second kappa shape index (κ2) is 14.6. The van der Waals surface area contributed by atoms with E-state index >= 15 is 8.78 Å². The van der Waals surface area contributed by atoms with Crippen molar-refractivity contribution in [1.29, 1.82) is 0 Å². The molecule has 55 heavy (non-hydrogen) atoms. The fourth-order valence-electron chi connectivity index (χ4n) is 9.45. The molecule has 292 valence electrons. The molecule has 0 bridgehead atoms.